The number of carboxylic acids is 1. The molecule has 1 aromatic heterocycles. The van der Waals surface area contributed by atoms with Crippen molar-refractivity contribution in [2.75, 3.05) is 6.61 Å². The maximum absolute atomic E-state index is 12.8. The molecule has 2 unspecified atom stereocenters. The van der Waals surface area contributed by atoms with Crippen molar-refractivity contribution in [2.24, 2.45) is 11.8 Å². The zero-order valence-electron chi connectivity index (χ0n) is 17.8. The molecule has 0 fully saturated rings. The number of ether oxygens (including phenoxy) is 1. The Labute approximate surface area is 184 Å². The first-order valence-electron chi connectivity index (χ1n) is 10.6. The van der Waals surface area contributed by atoms with Crippen LogP contribution in [0, 0.1) is 11.8 Å². The van der Waals surface area contributed by atoms with Gasteiger partial charge in [-0.3, -0.25) is 4.79 Å². The van der Waals surface area contributed by atoms with Gasteiger partial charge in [-0.25, -0.2) is 4.98 Å². The summed E-state index contributed by atoms with van der Waals surface area (Å²) in [6.07, 6.45) is 10.8. The molecule has 8 heteroatoms. The molecule has 0 saturated carbocycles. The van der Waals surface area contributed by atoms with E-state index in [2.05, 4.69) is 18.0 Å². The molecular weight excluding hydrogens is 423 g/mol. The molecule has 1 N–H and O–H groups in total. The van der Waals surface area contributed by atoms with Gasteiger partial charge in [0.2, 0.25) is 5.89 Å². The Balaban J connectivity index is 1.52. The summed E-state index contributed by atoms with van der Waals surface area (Å²) < 4.78 is 49.6. The third-order valence-corrected chi connectivity index (χ3v) is 5.31. The lowest BCUT2D eigenvalue weighted by Gasteiger charge is -2.17. The summed E-state index contributed by atoms with van der Waals surface area (Å²) in [6, 6.07) is 0. The largest absolute Gasteiger partial charge is 0.494 e. The highest BCUT2D eigenvalue weighted by molar-refractivity contribution is 5.69. The van der Waals surface area contributed by atoms with E-state index in [1.54, 1.807) is 0 Å². The van der Waals surface area contributed by atoms with Crippen LogP contribution in [0.3, 0.4) is 0 Å². The number of carboxylic acid groups (broad SMARTS) is 1. The molecule has 0 bridgehead atoms. The Bertz CT molecular complexity index is 966. The highest BCUT2D eigenvalue weighted by Gasteiger charge is 2.38. The minimum atomic E-state index is -4.25. The number of alkyl halides is 3. The molecule has 2 atom stereocenters. The Hall–Kier alpha value is -3.03. The summed E-state index contributed by atoms with van der Waals surface area (Å²) >= 11 is 0. The zero-order valence-corrected chi connectivity index (χ0v) is 17.8. The van der Waals surface area contributed by atoms with Crippen molar-refractivity contribution in [2.45, 2.75) is 45.2 Å². The molecule has 0 spiro atoms. The van der Waals surface area contributed by atoms with Crippen molar-refractivity contribution in [3.8, 4) is 0 Å². The van der Waals surface area contributed by atoms with E-state index < -0.39 is 18.1 Å². The average Bonchev–Trinajstić information content (AvgIpc) is 3.13. The van der Waals surface area contributed by atoms with Gasteiger partial charge in [-0.1, -0.05) is 42.9 Å². The minimum absolute atomic E-state index is 0.0831. The van der Waals surface area contributed by atoms with Crippen molar-refractivity contribution in [1.82, 2.24) is 4.98 Å². The average molecular weight is 449 g/mol. The molecule has 0 radical (unpaired) electrons. The van der Waals surface area contributed by atoms with Crippen molar-refractivity contribution in [3.63, 3.8) is 0 Å². The Morgan fingerprint density at radius 1 is 1.25 bits per heavy atom. The maximum Gasteiger partial charge on any atom is 0.395 e. The van der Waals surface area contributed by atoms with Crippen LogP contribution in [0.25, 0.3) is 5.57 Å². The molecule has 2 aliphatic rings. The molecule has 0 aliphatic heterocycles. The standard InChI is InChI=1S/C24H26F3NO4/c1-2-16-13-17(4-10-22(29)30)3-9-21(14-16)31-12-11-20-15-32-23(28-20)18-5-7-19(8-6-18)24(25,26)27/h3,5-7,9,13-16,19H,2,4,8,10-12H2,1H3,(H,29,30). The number of halogens is 3. The van der Waals surface area contributed by atoms with Gasteiger partial charge in [0.1, 0.15) is 12.0 Å². The first-order valence-corrected chi connectivity index (χ1v) is 10.6. The molecule has 1 aromatic rings. The summed E-state index contributed by atoms with van der Waals surface area (Å²) in [5.74, 6) is -1.14. The van der Waals surface area contributed by atoms with E-state index in [0.717, 1.165) is 18.1 Å². The lowest BCUT2D eigenvalue weighted by atomic mass is 9.96. The zero-order chi connectivity index (χ0) is 23.1. The van der Waals surface area contributed by atoms with Crippen LogP contribution < -0.4 is 0 Å². The molecule has 2 aliphatic carbocycles. The maximum atomic E-state index is 12.8. The fourth-order valence-corrected chi connectivity index (χ4v) is 3.43. The van der Waals surface area contributed by atoms with Crippen LogP contribution in [0.1, 0.15) is 44.2 Å². The molecule has 0 saturated heterocycles. The summed E-state index contributed by atoms with van der Waals surface area (Å²) in [4.78, 5) is 15.2. The number of oxazole rings is 1. The molecule has 5 nitrogen and oxygen atoms in total. The number of allylic oxidation sites excluding steroid dienone is 9. The predicted molar refractivity (Wildman–Crippen MR) is 113 cm³/mol. The number of aromatic nitrogens is 1. The van der Waals surface area contributed by atoms with Gasteiger partial charge in [0.05, 0.1) is 18.2 Å². The van der Waals surface area contributed by atoms with Crippen molar-refractivity contribution < 1.29 is 32.2 Å². The number of rotatable bonds is 9. The summed E-state index contributed by atoms with van der Waals surface area (Å²) in [5, 5.41) is 8.89. The van der Waals surface area contributed by atoms with Crippen LogP contribution >= 0.6 is 0 Å². The van der Waals surface area contributed by atoms with Gasteiger partial charge >= 0.3 is 12.1 Å². The highest BCUT2D eigenvalue weighted by atomic mass is 19.4. The van der Waals surface area contributed by atoms with E-state index in [1.807, 2.05) is 18.2 Å². The van der Waals surface area contributed by atoms with Crippen LogP contribution in [0.2, 0.25) is 0 Å². The van der Waals surface area contributed by atoms with E-state index >= 15 is 0 Å². The fraction of sp³-hybridized carbons (Fsp3) is 0.417. The molecule has 0 aromatic carbocycles. The number of nitrogens with zero attached hydrogens (tertiary/aromatic N) is 1. The quantitative estimate of drug-likeness (QED) is 0.499. The van der Waals surface area contributed by atoms with Gasteiger partial charge in [0, 0.05) is 18.4 Å². The van der Waals surface area contributed by atoms with Gasteiger partial charge in [0.15, 0.2) is 0 Å². The van der Waals surface area contributed by atoms with E-state index in [4.69, 9.17) is 14.3 Å². The van der Waals surface area contributed by atoms with Crippen LogP contribution in [0.4, 0.5) is 13.2 Å². The number of aliphatic carboxylic acids is 1. The van der Waals surface area contributed by atoms with Gasteiger partial charge in [-0.05, 0) is 37.3 Å². The fourth-order valence-electron chi connectivity index (χ4n) is 3.43. The van der Waals surface area contributed by atoms with Crippen LogP contribution in [0.15, 0.2) is 64.5 Å². The monoisotopic (exact) mass is 449 g/mol. The Morgan fingerprint density at radius 3 is 2.72 bits per heavy atom. The van der Waals surface area contributed by atoms with Gasteiger partial charge in [0.25, 0.3) is 0 Å². The number of hydrogen-bond acceptors (Lipinski definition) is 4. The number of hydrogen-bond donors (Lipinski definition) is 1. The predicted octanol–water partition coefficient (Wildman–Crippen LogP) is 6.03. The third-order valence-electron chi connectivity index (χ3n) is 5.31. The molecule has 0 amide bonds. The second-order valence-electron chi connectivity index (χ2n) is 7.75. The topological polar surface area (TPSA) is 72.6 Å². The lowest BCUT2D eigenvalue weighted by Crippen LogP contribution is -2.21. The van der Waals surface area contributed by atoms with Gasteiger partial charge < -0.3 is 14.3 Å². The van der Waals surface area contributed by atoms with Gasteiger partial charge in [-0.2, -0.15) is 13.2 Å². The highest BCUT2D eigenvalue weighted by Crippen LogP contribution is 2.35. The van der Waals surface area contributed by atoms with E-state index in [1.165, 1.54) is 18.4 Å². The van der Waals surface area contributed by atoms with Crippen LogP contribution in [-0.2, 0) is 16.0 Å². The number of carbonyl (C=O) groups is 1. The van der Waals surface area contributed by atoms with Crippen LogP contribution in [0.5, 0.6) is 0 Å². The van der Waals surface area contributed by atoms with Crippen LogP contribution in [-0.4, -0.2) is 28.8 Å². The second kappa shape index (κ2) is 10.5. The van der Waals surface area contributed by atoms with E-state index in [0.29, 0.717) is 42.4 Å². The van der Waals surface area contributed by atoms with E-state index in [9.17, 15) is 18.0 Å². The first-order chi connectivity index (χ1) is 15.2. The van der Waals surface area contributed by atoms with Crippen molar-refractivity contribution in [1.29, 1.82) is 0 Å². The van der Waals surface area contributed by atoms with Crippen molar-refractivity contribution >= 4 is 11.5 Å². The van der Waals surface area contributed by atoms with E-state index in [-0.39, 0.29) is 18.8 Å². The van der Waals surface area contributed by atoms with Gasteiger partial charge in [-0.15, -0.1) is 0 Å². The second-order valence-corrected chi connectivity index (χ2v) is 7.75. The summed E-state index contributed by atoms with van der Waals surface area (Å²) in [6.45, 7) is 2.41. The Morgan fingerprint density at radius 2 is 2.06 bits per heavy atom. The van der Waals surface area contributed by atoms with Crippen molar-refractivity contribution in [3.05, 3.63) is 71.7 Å². The summed E-state index contributed by atoms with van der Waals surface area (Å²) in [7, 11) is 0. The molecular formula is C24H26F3NO4. The first kappa shape index (κ1) is 23.6. The SMILES string of the molecule is CCC1C=C(CCC(=O)O)C=CC(OCCc2coc(C3=CCC(C(F)(F)F)C=C3)n2)=C1. The summed E-state index contributed by atoms with van der Waals surface area (Å²) in [5.41, 5.74) is 2.16. The normalized spacial score (nSPS) is 20.9. The molecule has 1 heterocycles. The third kappa shape index (κ3) is 6.73. The molecule has 172 valence electrons. The molecule has 3 rings (SSSR count). The Kier molecular flexibility index (Phi) is 7.77. The lowest BCUT2D eigenvalue weighted by molar-refractivity contribution is -0.160. The molecule has 32 heavy (non-hydrogen) atoms. The minimum Gasteiger partial charge on any atom is -0.494 e. The smallest absolute Gasteiger partial charge is 0.395 e.